The first kappa shape index (κ1) is 19.9. The second kappa shape index (κ2) is 7.63. The van der Waals surface area contributed by atoms with Crippen LogP contribution >= 0.6 is 7.60 Å². The maximum atomic E-state index is 12.4. The lowest BCUT2D eigenvalue weighted by molar-refractivity contribution is -0.0571. The monoisotopic (exact) mass is 400 g/mol. The van der Waals surface area contributed by atoms with Crippen LogP contribution in [0.2, 0.25) is 0 Å². The van der Waals surface area contributed by atoms with E-state index in [1.165, 1.54) is 28.9 Å². The summed E-state index contributed by atoms with van der Waals surface area (Å²) in [7, 11) is -2.45. The molecule has 3 rings (SSSR count). The van der Waals surface area contributed by atoms with Crippen LogP contribution in [0, 0.1) is 0 Å². The van der Waals surface area contributed by atoms with Crippen molar-refractivity contribution in [1.29, 1.82) is 0 Å². The van der Waals surface area contributed by atoms with Crippen molar-refractivity contribution in [3.8, 4) is 0 Å². The Kier molecular flexibility index (Phi) is 5.61. The molecule has 0 saturated carbocycles. The molecule has 0 spiro atoms. The van der Waals surface area contributed by atoms with Gasteiger partial charge in [-0.2, -0.15) is 0 Å². The lowest BCUT2D eigenvalue weighted by atomic mass is 10.1. The Morgan fingerprint density at radius 2 is 2.19 bits per heavy atom. The van der Waals surface area contributed by atoms with Crippen LogP contribution in [0.15, 0.2) is 30.1 Å². The molecule has 27 heavy (non-hydrogen) atoms. The van der Waals surface area contributed by atoms with Gasteiger partial charge in [0.15, 0.2) is 17.4 Å². The highest BCUT2D eigenvalue weighted by atomic mass is 31.2. The highest BCUT2D eigenvalue weighted by molar-refractivity contribution is 7.51. The first-order valence-corrected chi connectivity index (χ1v) is 10.1. The number of aliphatic hydroxyl groups is 1. The zero-order valence-corrected chi connectivity index (χ0v) is 15.7. The van der Waals surface area contributed by atoms with Gasteiger partial charge in [-0.15, -0.1) is 6.58 Å². The molecule has 2 aromatic heterocycles. The van der Waals surface area contributed by atoms with E-state index in [9.17, 15) is 19.4 Å². The second-order valence-electron chi connectivity index (χ2n) is 6.20. The van der Waals surface area contributed by atoms with Crippen molar-refractivity contribution in [3.05, 3.63) is 35.7 Å². The number of rotatable bonds is 7. The van der Waals surface area contributed by atoms with Crippen LogP contribution in [-0.2, 0) is 25.1 Å². The molecule has 0 aromatic carbocycles. The largest absolute Gasteiger partial charge is 0.386 e. The number of ether oxygens (including phenoxy) is 2. The Labute approximate surface area is 154 Å². The average Bonchev–Trinajstić information content (AvgIpc) is 3.13. The van der Waals surface area contributed by atoms with Crippen LogP contribution in [0.25, 0.3) is 11.2 Å². The third-order valence-electron chi connectivity index (χ3n) is 4.11. The molecule has 11 nitrogen and oxygen atoms in total. The van der Waals surface area contributed by atoms with Gasteiger partial charge < -0.3 is 19.5 Å². The number of allylic oxidation sites excluding steroid dienone is 1. The van der Waals surface area contributed by atoms with E-state index in [0.29, 0.717) is 0 Å². The number of aliphatic hydroxyl groups excluding tert-OH is 1. The molecule has 148 valence electrons. The summed E-state index contributed by atoms with van der Waals surface area (Å²) in [4.78, 5) is 30.3. The molecule has 2 aromatic rings. The van der Waals surface area contributed by atoms with Gasteiger partial charge in [0.05, 0.1) is 12.9 Å². The Morgan fingerprint density at radius 1 is 1.44 bits per heavy atom. The van der Waals surface area contributed by atoms with E-state index in [0.717, 1.165) is 6.66 Å². The van der Waals surface area contributed by atoms with Gasteiger partial charge in [-0.25, -0.2) is 9.97 Å². The van der Waals surface area contributed by atoms with Crippen LogP contribution < -0.4 is 5.56 Å². The molecule has 3 heterocycles. The fraction of sp³-hybridized carbons (Fsp3) is 0.533. The number of fused-ring (bicyclic) bond motifs is 1. The molecule has 2 unspecified atom stereocenters. The zero-order valence-electron chi connectivity index (χ0n) is 14.8. The SMILES string of the molecule is C=CCn1cnc2c(ncn2[C@@H]2O[C@H](COC)[C@H](OP(C)(=O)O)C2O)c1=O. The van der Waals surface area contributed by atoms with Crippen LogP contribution in [0.5, 0.6) is 0 Å². The van der Waals surface area contributed by atoms with E-state index in [1.54, 1.807) is 6.08 Å². The second-order valence-corrected chi connectivity index (χ2v) is 8.02. The highest BCUT2D eigenvalue weighted by Gasteiger charge is 2.48. The summed E-state index contributed by atoms with van der Waals surface area (Å²) >= 11 is 0. The highest BCUT2D eigenvalue weighted by Crippen LogP contribution is 2.44. The van der Waals surface area contributed by atoms with Crippen molar-refractivity contribution in [2.75, 3.05) is 20.4 Å². The quantitative estimate of drug-likeness (QED) is 0.481. The van der Waals surface area contributed by atoms with Crippen molar-refractivity contribution in [3.63, 3.8) is 0 Å². The fourth-order valence-corrected chi connectivity index (χ4v) is 3.72. The molecule has 0 bridgehead atoms. The van der Waals surface area contributed by atoms with Crippen molar-refractivity contribution in [2.45, 2.75) is 31.1 Å². The maximum absolute atomic E-state index is 12.4. The Balaban J connectivity index is 1.98. The van der Waals surface area contributed by atoms with Gasteiger partial charge in [0.25, 0.3) is 5.56 Å². The van der Waals surface area contributed by atoms with Crippen LogP contribution in [-0.4, -0.2) is 67.8 Å². The van der Waals surface area contributed by atoms with E-state index in [-0.39, 0.29) is 29.9 Å². The van der Waals surface area contributed by atoms with Gasteiger partial charge in [-0.1, -0.05) is 6.08 Å². The molecule has 0 aliphatic carbocycles. The molecule has 5 atom stereocenters. The minimum atomic E-state index is -3.89. The first-order valence-electron chi connectivity index (χ1n) is 8.11. The van der Waals surface area contributed by atoms with Gasteiger partial charge in [0.2, 0.25) is 0 Å². The standard InChI is InChI=1S/C15H21N4O7P/c1-4-5-18-7-17-13-10(14(18)21)16-8-19(13)15-11(20)12(26-27(3,22)23)9(25-15)6-24-2/h4,7-9,11-12,15,20H,1,5-6H2,2-3H3,(H,22,23)/t9-,11?,12+,15-/m1/s1. The molecular weight excluding hydrogens is 379 g/mol. The first-order chi connectivity index (χ1) is 12.8. The van der Waals surface area contributed by atoms with Crippen molar-refractivity contribution >= 4 is 18.8 Å². The molecule has 0 amide bonds. The van der Waals surface area contributed by atoms with Gasteiger partial charge in [0.1, 0.15) is 24.6 Å². The van der Waals surface area contributed by atoms with Gasteiger partial charge in [-0.3, -0.25) is 23.0 Å². The smallest absolute Gasteiger partial charge is 0.325 e. The predicted molar refractivity (Wildman–Crippen MR) is 94.4 cm³/mol. The molecule has 1 aliphatic rings. The van der Waals surface area contributed by atoms with E-state index in [4.69, 9.17) is 14.0 Å². The number of hydrogen-bond acceptors (Lipinski definition) is 8. The van der Waals surface area contributed by atoms with Crippen LogP contribution in [0.1, 0.15) is 6.23 Å². The summed E-state index contributed by atoms with van der Waals surface area (Å²) in [5.74, 6) is 0. The number of imidazole rings is 1. The normalized spacial score (nSPS) is 27.7. The molecule has 1 aliphatic heterocycles. The summed E-state index contributed by atoms with van der Waals surface area (Å²) in [5, 5.41) is 10.6. The lowest BCUT2D eigenvalue weighted by Crippen LogP contribution is -2.35. The van der Waals surface area contributed by atoms with E-state index >= 15 is 0 Å². The van der Waals surface area contributed by atoms with Crippen LogP contribution in [0.3, 0.4) is 0 Å². The van der Waals surface area contributed by atoms with Crippen molar-refractivity contribution in [1.82, 2.24) is 19.1 Å². The average molecular weight is 400 g/mol. The fourth-order valence-electron chi connectivity index (χ4n) is 3.01. The van der Waals surface area contributed by atoms with Crippen LogP contribution in [0.4, 0.5) is 0 Å². The topological polar surface area (TPSA) is 138 Å². The maximum Gasteiger partial charge on any atom is 0.325 e. The summed E-state index contributed by atoms with van der Waals surface area (Å²) in [6.45, 7) is 4.92. The predicted octanol–water partition coefficient (Wildman–Crippen LogP) is -0.116. The van der Waals surface area contributed by atoms with Crippen molar-refractivity contribution in [2.24, 2.45) is 0 Å². The summed E-state index contributed by atoms with van der Waals surface area (Å²) in [6, 6.07) is 0. The Morgan fingerprint density at radius 3 is 2.81 bits per heavy atom. The van der Waals surface area contributed by atoms with Crippen molar-refractivity contribution < 1.29 is 28.6 Å². The minimum absolute atomic E-state index is 0.0322. The summed E-state index contributed by atoms with van der Waals surface area (Å²) in [6.07, 6.45) is 0.00506. The summed E-state index contributed by atoms with van der Waals surface area (Å²) in [5.41, 5.74) is -0.0446. The molecule has 12 heteroatoms. The minimum Gasteiger partial charge on any atom is -0.386 e. The number of aromatic nitrogens is 4. The zero-order chi connectivity index (χ0) is 19.8. The molecule has 0 radical (unpaired) electrons. The Hall–Kier alpha value is -1.88. The third kappa shape index (κ3) is 3.88. The Bertz CT molecular complexity index is 936. The molecule has 2 N–H and O–H groups in total. The van der Waals surface area contributed by atoms with Gasteiger partial charge in [0, 0.05) is 20.3 Å². The number of hydrogen-bond donors (Lipinski definition) is 2. The number of nitrogens with zero attached hydrogens (tertiary/aromatic N) is 4. The lowest BCUT2D eigenvalue weighted by Gasteiger charge is -2.21. The van der Waals surface area contributed by atoms with Gasteiger partial charge >= 0.3 is 7.60 Å². The third-order valence-corrected chi connectivity index (χ3v) is 4.74. The summed E-state index contributed by atoms with van der Waals surface area (Å²) < 4.78 is 30.3. The molecule has 1 fully saturated rings. The molecular formula is C15H21N4O7P. The molecule has 1 saturated heterocycles. The van der Waals surface area contributed by atoms with Gasteiger partial charge in [-0.05, 0) is 0 Å². The number of methoxy groups -OCH3 is 1. The van der Waals surface area contributed by atoms with E-state index in [1.807, 2.05) is 0 Å². The van der Waals surface area contributed by atoms with E-state index < -0.39 is 32.1 Å². The van der Waals surface area contributed by atoms with E-state index in [2.05, 4.69) is 16.5 Å².